The van der Waals surface area contributed by atoms with E-state index in [0.717, 1.165) is 15.3 Å². The maximum atomic E-state index is 11.3. The average Bonchev–Trinajstić information content (AvgIpc) is 3.61. The fraction of sp³-hybridized carbons (Fsp3) is 0.107. The van der Waals surface area contributed by atoms with Gasteiger partial charge < -0.3 is 19.7 Å². The molecule has 0 atom stereocenters. The zero-order chi connectivity index (χ0) is 26.9. The van der Waals surface area contributed by atoms with E-state index < -0.39 is 0 Å². The van der Waals surface area contributed by atoms with Gasteiger partial charge in [-0.3, -0.25) is 14.4 Å². The number of hydrogen-bond donors (Lipinski definition) is 2. The Hall–Kier alpha value is -4.39. The number of Topliss-reactive ketones (excluding diaryl/α,β-unsaturated/α-hetero) is 1. The maximum Gasteiger partial charge on any atom is 0.169 e. The first-order chi connectivity index (χ1) is 17.8. The van der Waals surface area contributed by atoms with Crippen LogP contribution in [-0.4, -0.2) is 42.8 Å². The Kier molecular flexibility index (Phi) is 9.21. The number of phenols is 2. The summed E-state index contributed by atoms with van der Waals surface area (Å²) in [5.41, 5.74) is 1.69. The smallest absolute Gasteiger partial charge is 0.169 e. The molecule has 188 valence electrons. The molecule has 2 N–H and O–H groups in total. The van der Waals surface area contributed by atoms with Gasteiger partial charge in [0.25, 0.3) is 0 Å². The van der Waals surface area contributed by atoms with E-state index in [4.69, 9.17) is 9.47 Å². The summed E-state index contributed by atoms with van der Waals surface area (Å²) < 4.78 is 10.0. The summed E-state index contributed by atoms with van der Waals surface area (Å²) >= 11 is 2.88. The van der Waals surface area contributed by atoms with E-state index >= 15 is 0 Å². The summed E-state index contributed by atoms with van der Waals surface area (Å²) in [7, 11) is 2.85. The molecule has 0 bridgehead atoms. The summed E-state index contributed by atoms with van der Waals surface area (Å²) in [6, 6.07) is 13.7. The largest absolute Gasteiger partial charge is 0.504 e. The maximum absolute atomic E-state index is 11.3. The lowest BCUT2D eigenvalue weighted by atomic mass is 10.1. The topological polar surface area (TPSA) is 110 Å². The van der Waals surface area contributed by atoms with Crippen LogP contribution in [0.25, 0.3) is 10.4 Å². The highest BCUT2D eigenvalue weighted by Crippen LogP contribution is 2.37. The second-order valence-corrected chi connectivity index (χ2v) is 9.45. The second kappa shape index (κ2) is 12.5. The third kappa shape index (κ3) is 6.64. The van der Waals surface area contributed by atoms with Crippen molar-refractivity contribution in [3.63, 3.8) is 0 Å². The molecule has 0 unspecified atom stereocenters. The van der Waals surface area contributed by atoms with Crippen LogP contribution in [-0.2, 0) is 0 Å². The molecule has 2 heterocycles. The molecule has 9 heteroatoms. The molecule has 37 heavy (non-hydrogen) atoms. The number of hydrogen-bond acceptors (Lipinski definition) is 9. The van der Waals surface area contributed by atoms with Gasteiger partial charge in [-0.05, 0) is 60.3 Å². The van der Waals surface area contributed by atoms with Crippen molar-refractivity contribution in [2.24, 2.45) is 0 Å². The molecule has 7 nitrogen and oxygen atoms in total. The zero-order valence-corrected chi connectivity index (χ0v) is 21.7. The monoisotopic (exact) mass is 534 g/mol. The first kappa shape index (κ1) is 27.2. The Morgan fingerprint density at radius 2 is 1.54 bits per heavy atom. The SMILES string of the molecule is COc1cc(-c2ccc(C(C)=O)s2)cc(C=O)c1O.COc1cc(C#Cc2cccs2)cc(C=O)c1O. The van der Waals surface area contributed by atoms with Crippen molar-refractivity contribution >= 4 is 41.0 Å². The number of carbonyl (C=O) groups excluding carboxylic acids is 3. The van der Waals surface area contributed by atoms with Gasteiger partial charge in [-0.25, -0.2) is 0 Å². The fourth-order valence-corrected chi connectivity index (χ4v) is 4.59. The third-order valence-corrected chi connectivity index (χ3v) is 7.01. The number of methoxy groups -OCH3 is 2. The van der Waals surface area contributed by atoms with Crippen LogP contribution in [0.1, 0.15) is 47.8 Å². The van der Waals surface area contributed by atoms with E-state index in [-0.39, 0.29) is 39.9 Å². The minimum atomic E-state index is -0.176. The van der Waals surface area contributed by atoms with E-state index in [1.54, 1.807) is 35.6 Å². The van der Waals surface area contributed by atoms with Gasteiger partial charge in [0.05, 0.1) is 35.1 Å². The van der Waals surface area contributed by atoms with Crippen molar-refractivity contribution in [1.29, 1.82) is 0 Å². The van der Waals surface area contributed by atoms with Crippen molar-refractivity contribution < 1.29 is 34.1 Å². The second-order valence-electron chi connectivity index (χ2n) is 7.42. The quantitative estimate of drug-likeness (QED) is 0.182. The van der Waals surface area contributed by atoms with Crippen LogP contribution >= 0.6 is 22.7 Å². The molecular formula is C28H22O7S2. The van der Waals surface area contributed by atoms with Gasteiger partial charge in [-0.15, -0.1) is 22.7 Å². The van der Waals surface area contributed by atoms with Crippen molar-refractivity contribution in [1.82, 2.24) is 0 Å². The standard InChI is InChI=1S/C14H12O4S.C14H10O3S/c1-8(16)12-3-4-13(19-12)9-5-10(7-15)14(17)11(6-9)18-2;1-17-13-8-10(7-11(9-15)14(13)16)4-5-12-3-2-6-18-12/h3-7,17H,1-2H3;2-3,6-9,16H,1H3. The van der Waals surface area contributed by atoms with Crippen LogP contribution in [0.15, 0.2) is 53.9 Å². The lowest BCUT2D eigenvalue weighted by Gasteiger charge is -2.07. The number of aromatic hydroxyl groups is 2. The summed E-state index contributed by atoms with van der Waals surface area (Å²) in [6.45, 7) is 1.50. The third-order valence-electron chi connectivity index (χ3n) is 4.99. The Balaban J connectivity index is 0.000000206. The molecule has 2 aromatic carbocycles. The molecule has 0 aliphatic rings. The lowest BCUT2D eigenvalue weighted by molar-refractivity contribution is 0.102. The van der Waals surface area contributed by atoms with E-state index in [1.807, 2.05) is 23.6 Å². The molecule has 2 aromatic heterocycles. The number of carbonyl (C=O) groups is 3. The number of ether oxygens (including phenoxy) is 2. The number of ketones is 1. The predicted molar refractivity (Wildman–Crippen MR) is 144 cm³/mol. The van der Waals surface area contributed by atoms with E-state index in [1.165, 1.54) is 38.5 Å². The van der Waals surface area contributed by atoms with Crippen molar-refractivity contribution in [3.05, 3.63) is 80.4 Å². The number of rotatable bonds is 6. The Bertz CT molecular complexity index is 1490. The van der Waals surface area contributed by atoms with Gasteiger partial charge in [0, 0.05) is 10.4 Å². The van der Waals surface area contributed by atoms with Crippen LogP contribution in [0.5, 0.6) is 23.0 Å². The van der Waals surface area contributed by atoms with Crippen molar-refractivity contribution in [3.8, 4) is 45.3 Å². The zero-order valence-electron chi connectivity index (χ0n) is 20.1. The van der Waals surface area contributed by atoms with Gasteiger partial charge in [0.1, 0.15) is 0 Å². The molecule has 0 aliphatic carbocycles. The molecule has 0 aliphatic heterocycles. The Morgan fingerprint density at radius 1 is 0.892 bits per heavy atom. The lowest BCUT2D eigenvalue weighted by Crippen LogP contribution is -1.90. The highest BCUT2D eigenvalue weighted by molar-refractivity contribution is 7.17. The Morgan fingerprint density at radius 3 is 2.08 bits per heavy atom. The highest BCUT2D eigenvalue weighted by atomic mass is 32.1. The molecule has 0 fully saturated rings. The van der Waals surface area contributed by atoms with E-state index in [2.05, 4.69) is 11.8 Å². The Labute approximate surface area is 221 Å². The molecule has 4 rings (SSSR count). The molecule has 4 aromatic rings. The number of aldehydes is 2. The first-order valence-corrected chi connectivity index (χ1v) is 12.4. The molecule has 0 spiro atoms. The molecule has 0 radical (unpaired) electrons. The fourth-order valence-electron chi connectivity index (χ4n) is 3.13. The van der Waals surface area contributed by atoms with Crippen LogP contribution < -0.4 is 9.47 Å². The minimum Gasteiger partial charge on any atom is -0.504 e. The molecular weight excluding hydrogens is 512 g/mol. The summed E-state index contributed by atoms with van der Waals surface area (Å²) in [6.07, 6.45) is 1.15. The normalized spacial score (nSPS) is 9.81. The number of thiophene rings is 2. The van der Waals surface area contributed by atoms with Crippen molar-refractivity contribution in [2.45, 2.75) is 6.92 Å². The summed E-state index contributed by atoms with van der Waals surface area (Å²) in [4.78, 5) is 35.5. The first-order valence-electron chi connectivity index (χ1n) is 10.7. The summed E-state index contributed by atoms with van der Waals surface area (Å²) in [5.74, 6) is 6.05. The number of phenolic OH excluding ortho intramolecular Hbond substituents is 2. The van der Waals surface area contributed by atoms with Crippen LogP contribution in [0, 0.1) is 11.8 Å². The van der Waals surface area contributed by atoms with Gasteiger partial charge in [-0.1, -0.05) is 17.9 Å². The van der Waals surface area contributed by atoms with E-state index in [0.29, 0.717) is 23.0 Å². The predicted octanol–water partition coefficient (Wildman–Crippen LogP) is 5.82. The molecule has 0 amide bonds. The van der Waals surface area contributed by atoms with Crippen molar-refractivity contribution in [2.75, 3.05) is 14.2 Å². The van der Waals surface area contributed by atoms with Crippen LogP contribution in [0.4, 0.5) is 0 Å². The highest BCUT2D eigenvalue weighted by Gasteiger charge is 2.13. The number of benzene rings is 2. The minimum absolute atomic E-state index is 0.00222. The van der Waals surface area contributed by atoms with E-state index in [9.17, 15) is 24.6 Å². The van der Waals surface area contributed by atoms with Gasteiger partial charge in [0.2, 0.25) is 0 Å². The average molecular weight is 535 g/mol. The van der Waals surface area contributed by atoms with Gasteiger partial charge in [-0.2, -0.15) is 0 Å². The summed E-state index contributed by atoms with van der Waals surface area (Å²) in [5, 5.41) is 21.4. The molecule has 0 saturated carbocycles. The van der Waals surface area contributed by atoms with Crippen LogP contribution in [0.3, 0.4) is 0 Å². The van der Waals surface area contributed by atoms with Gasteiger partial charge >= 0.3 is 0 Å². The van der Waals surface area contributed by atoms with Gasteiger partial charge in [0.15, 0.2) is 41.4 Å². The van der Waals surface area contributed by atoms with Crippen LogP contribution in [0.2, 0.25) is 0 Å². The molecule has 0 saturated heterocycles.